The molecule has 0 aromatic heterocycles. The molecule has 0 radical (unpaired) electrons. The Bertz CT molecular complexity index is 419. The number of hydrogen-bond acceptors (Lipinski definition) is 5. The summed E-state index contributed by atoms with van der Waals surface area (Å²) in [5, 5.41) is 13.6. The lowest BCUT2D eigenvalue weighted by Crippen LogP contribution is -2.30. The van der Waals surface area contributed by atoms with E-state index < -0.39 is 18.0 Å². The fraction of sp³-hybridized carbons (Fsp3) is 0.467. The first-order chi connectivity index (χ1) is 9.69. The van der Waals surface area contributed by atoms with Crippen LogP contribution in [0.15, 0.2) is 35.5 Å². The smallest absolute Gasteiger partial charge is 0.311 e. The normalized spacial score (nSPS) is 13.9. The number of hydrogen-bond donors (Lipinski definition) is 1. The fourth-order valence-electron chi connectivity index (χ4n) is 1.69. The minimum Gasteiger partial charge on any atom is -0.466 e. The van der Waals surface area contributed by atoms with E-state index >= 15 is 0 Å². The molecule has 1 aromatic rings. The first kappa shape index (κ1) is 16.2. The minimum atomic E-state index is -1.00. The topological polar surface area (TPSA) is 68.1 Å². The van der Waals surface area contributed by atoms with Crippen molar-refractivity contribution in [2.45, 2.75) is 33.0 Å². The highest BCUT2D eigenvalue weighted by molar-refractivity contribution is 5.78. The summed E-state index contributed by atoms with van der Waals surface area (Å²) in [5.74, 6) is -1.03. The predicted molar refractivity (Wildman–Crippen MR) is 76.1 cm³/mol. The van der Waals surface area contributed by atoms with E-state index in [-0.39, 0.29) is 0 Å². The molecule has 20 heavy (non-hydrogen) atoms. The van der Waals surface area contributed by atoms with Gasteiger partial charge in [-0.3, -0.25) is 4.79 Å². The molecule has 2 unspecified atom stereocenters. The van der Waals surface area contributed by atoms with Crippen molar-refractivity contribution >= 4 is 12.2 Å². The van der Waals surface area contributed by atoms with E-state index in [9.17, 15) is 9.90 Å². The van der Waals surface area contributed by atoms with Crippen LogP contribution in [0.1, 0.15) is 25.8 Å². The Morgan fingerprint density at radius 3 is 2.65 bits per heavy atom. The molecule has 0 fully saturated rings. The Morgan fingerprint density at radius 2 is 2.05 bits per heavy atom. The fourth-order valence-corrected chi connectivity index (χ4v) is 1.69. The molecule has 0 spiro atoms. The van der Waals surface area contributed by atoms with Crippen molar-refractivity contribution in [1.82, 2.24) is 0 Å². The summed E-state index contributed by atoms with van der Waals surface area (Å²) >= 11 is 0. The van der Waals surface area contributed by atoms with Gasteiger partial charge in [0.1, 0.15) is 12.7 Å². The molecule has 5 nitrogen and oxygen atoms in total. The van der Waals surface area contributed by atoms with Crippen molar-refractivity contribution in [2.75, 3.05) is 6.61 Å². The van der Waals surface area contributed by atoms with Gasteiger partial charge in [0.2, 0.25) is 0 Å². The van der Waals surface area contributed by atoms with Crippen molar-refractivity contribution in [3.63, 3.8) is 0 Å². The SMILES string of the molecule is CCOC(=O)C(CC)C(O)/C=N/OCc1ccccc1. The van der Waals surface area contributed by atoms with Crippen molar-refractivity contribution < 1.29 is 19.5 Å². The lowest BCUT2D eigenvalue weighted by molar-refractivity contribution is -0.150. The summed E-state index contributed by atoms with van der Waals surface area (Å²) < 4.78 is 4.89. The van der Waals surface area contributed by atoms with Gasteiger partial charge in [0.05, 0.1) is 18.7 Å². The number of esters is 1. The molecule has 0 heterocycles. The number of carbonyl (C=O) groups excluding carboxylic acids is 1. The Balaban J connectivity index is 2.41. The molecule has 0 aliphatic heterocycles. The standard InChI is InChI=1S/C15H21NO4/c1-3-13(15(18)19-4-2)14(17)10-16-20-11-12-8-6-5-7-9-12/h5-10,13-14,17H,3-4,11H2,1-2H3/b16-10+. The molecule has 1 rings (SSSR count). The summed E-state index contributed by atoms with van der Waals surface area (Å²) in [6.07, 6.45) is 0.702. The third-order valence-corrected chi connectivity index (χ3v) is 2.80. The van der Waals surface area contributed by atoms with Gasteiger partial charge in [-0.25, -0.2) is 0 Å². The van der Waals surface area contributed by atoms with E-state index in [1.807, 2.05) is 37.3 Å². The zero-order valence-corrected chi connectivity index (χ0v) is 11.9. The van der Waals surface area contributed by atoms with Crippen LogP contribution in [0.3, 0.4) is 0 Å². The molecular weight excluding hydrogens is 258 g/mol. The Morgan fingerprint density at radius 1 is 1.35 bits per heavy atom. The van der Waals surface area contributed by atoms with E-state index in [2.05, 4.69) is 5.16 Å². The first-order valence-corrected chi connectivity index (χ1v) is 6.73. The van der Waals surface area contributed by atoms with Gasteiger partial charge >= 0.3 is 5.97 Å². The Hall–Kier alpha value is -1.88. The molecule has 110 valence electrons. The second-order valence-corrected chi connectivity index (χ2v) is 4.27. The van der Waals surface area contributed by atoms with Crippen LogP contribution in [0, 0.1) is 5.92 Å². The second-order valence-electron chi connectivity index (χ2n) is 4.27. The lowest BCUT2D eigenvalue weighted by atomic mass is 10.0. The molecule has 2 atom stereocenters. The van der Waals surface area contributed by atoms with Crippen molar-refractivity contribution in [2.24, 2.45) is 11.1 Å². The van der Waals surface area contributed by atoms with E-state index in [0.29, 0.717) is 19.6 Å². The maximum atomic E-state index is 11.6. The third-order valence-electron chi connectivity index (χ3n) is 2.80. The molecular formula is C15H21NO4. The zero-order chi connectivity index (χ0) is 14.8. The molecule has 0 saturated heterocycles. The zero-order valence-electron chi connectivity index (χ0n) is 11.9. The van der Waals surface area contributed by atoms with Crippen LogP contribution in [-0.4, -0.2) is 30.0 Å². The number of aliphatic hydroxyl groups is 1. The minimum absolute atomic E-state index is 0.295. The molecule has 0 bridgehead atoms. The first-order valence-electron chi connectivity index (χ1n) is 6.73. The average molecular weight is 279 g/mol. The van der Waals surface area contributed by atoms with Crippen LogP contribution in [0.4, 0.5) is 0 Å². The molecule has 5 heteroatoms. The Kier molecular flexibility index (Phi) is 7.35. The molecule has 0 amide bonds. The van der Waals surface area contributed by atoms with Gasteiger partial charge in [-0.2, -0.15) is 0 Å². The lowest BCUT2D eigenvalue weighted by Gasteiger charge is -2.16. The Labute approximate surface area is 119 Å². The average Bonchev–Trinajstić information content (AvgIpc) is 2.46. The highest BCUT2D eigenvalue weighted by Gasteiger charge is 2.25. The number of benzene rings is 1. The molecule has 1 aromatic carbocycles. The van der Waals surface area contributed by atoms with E-state index in [0.717, 1.165) is 5.56 Å². The summed E-state index contributed by atoms with van der Waals surface area (Å²) in [6, 6.07) is 9.57. The monoisotopic (exact) mass is 279 g/mol. The van der Waals surface area contributed by atoms with Gasteiger partial charge in [-0.05, 0) is 18.9 Å². The quantitative estimate of drug-likeness (QED) is 0.450. The van der Waals surface area contributed by atoms with Crippen LogP contribution in [0.2, 0.25) is 0 Å². The number of carbonyl (C=O) groups is 1. The number of nitrogens with zero attached hydrogens (tertiary/aromatic N) is 1. The molecule has 0 aliphatic carbocycles. The summed E-state index contributed by atoms with van der Waals surface area (Å²) in [4.78, 5) is 16.7. The van der Waals surface area contributed by atoms with Gasteiger partial charge in [0.15, 0.2) is 0 Å². The maximum Gasteiger partial charge on any atom is 0.311 e. The largest absolute Gasteiger partial charge is 0.466 e. The van der Waals surface area contributed by atoms with Crippen LogP contribution in [0.5, 0.6) is 0 Å². The maximum absolute atomic E-state index is 11.6. The number of ether oxygens (including phenoxy) is 1. The van der Waals surface area contributed by atoms with Crippen molar-refractivity contribution in [3.05, 3.63) is 35.9 Å². The van der Waals surface area contributed by atoms with Gasteiger partial charge in [-0.1, -0.05) is 42.4 Å². The summed E-state index contributed by atoms with van der Waals surface area (Å²) in [7, 11) is 0. The summed E-state index contributed by atoms with van der Waals surface area (Å²) in [6.45, 7) is 4.15. The van der Waals surface area contributed by atoms with Gasteiger partial charge in [-0.15, -0.1) is 0 Å². The van der Waals surface area contributed by atoms with E-state index in [1.54, 1.807) is 6.92 Å². The van der Waals surface area contributed by atoms with Crippen LogP contribution >= 0.6 is 0 Å². The molecule has 0 saturated carbocycles. The predicted octanol–water partition coefficient (Wildman–Crippen LogP) is 2.14. The van der Waals surface area contributed by atoms with E-state index in [1.165, 1.54) is 6.21 Å². The number of aliphatic hydroxyl groups excluding tert-OH is 1. The van der Waals surface area contributed by atoms with Gasteiger partial charge in [0, 0.05) is 0 Å². The molecule has 0 aliphatic rings. The van der Waals surface area contributed by atoms with Gasteiger partial charge in [0.25, 0.3) is 0 Å². The van der Waals surface area contributed by atoms with E-state index in [4.69, 9.17) is 9.57 Å². The highest BCUT2D eigenvalue weighted by atomic mass is 16.6. The molecule has 1 N–H and O–H groups in total. The highest BCUT2D eigenvalue weighted by Crippen LogP contribution is 2.10. The van der Waals surface area contributed by atoms with Crippen LogP contribution in [-0.2, 0) is 21.0 Å². The second kappa shape index (κ2) is 9.09. The number of rotatable bonds is 8. The van der Waals surface area contributed by atoms with Crippen molar-refractivity contribution in [3.8, 4) is 0 Å². The van der Waals surface area contributed by atoms with Gasteiger partial charge < -0.3 is 14.7 Å². The van der Waals surface area contributed by atoms with Crippen molar-refractivity contribution in [1.29, 1.82) is 0 Å². The van der Waals surface area contributed by atoms with Crippen LogP contribution < -0.4 is 0 Å². The van der Waals surface area contributed by atoms with Crippen LogP contribution in [0.25, 0.3) is 0 Å². The number of oxime groups is 1. The third kappa shape index (κ3) is 5.40. The summed E-state index contributed by atoms with van der Waals surface area (Å²) in [5.41, 5.74) is 0.983.